The average molecular weight is 210 g/mol. The van der Waals surface area contributed by atoms with Crippen LogP contribution in [0.5, 0.6) is 0 Å². The van der Waals surface area contributed by atoms with Gasteiger partial charge >= 0.3 is 0 Å². The number of tetrazole rings is 1. The third kappa shape index (κ3) is 2.15. The third-order valence-electron chi connectivity index (χ3n) is 1.97. The molecule has 0 unspecified atom stereocenters. The van der Waals surface area contributed by atoms with Gasteiger partial charge in [0, 0.05) is 6.07 Å². The summed E-state index contributed by atoms with van der Waals surface area (Å²) in [5.74, 6) is -0.605. The summed E-state index contributed by atoms with van der Waals surface area (Å²) in [6.07, 6.45) is 0. The van der Waals surface area contributed by atoms with E-state index in [-0.39, 0.29) is 6.54 Å². The standard InChI is InChI=1S/C9H8F2N4/c1-6-12-13-14-15(6)5-7-2-8(10)4-9(11)3-7/h2-4H,5H2,1H3. The van der Waals surface area contributed by atoms with E-state index in [4.69, 9.17) is 0 Å². The van der Waals surface area contributed by atoms with Crippen molar-refractivity contribution in [2.24, 2.45) is 0 Å². The molecule has 0 aliphatic carbocycles. The second-order valence-electron chi connectivity index (χ2n) is 3.16. The van der Waals surface area contributed by atoms with Crippen molar-refractivity contribution in [3.63, 3.8) is 0 Å². The predicted molar refractivity (Wildman–Crippen MR) is 48.0 cm³/mol. The molecule has 0 fully saturated rings. The molecule has 15 heavy (non-hydrogen) atoms. The molecule has 1 aromatic heterocycles. The zero-order valence-corrected chi connectivity index (χ0v) is 7.98. The van der Waals surface area contributed by atoms with Crippen LogP contribution in [0.4, 0.5) is 8.78 Å². The van der Waals surface area contributed by atoms with Gasteiger partial charge in [-0.05, 0) is 35.0 Å². The quantitative estimate of drug-likeness (QED) is 0.750. The highest BCUT2D eigenvalue weighted by atomic mass is 19.1. The Labute approximate surface area is 84.5 Å². The summed E-state index contributed by atoms with van der Waals surface area (Å²) in [5.41, 5.74) is 0.489. The molecule has 0 saturated carbocycles. The van der Waals surface area contributed by atoms with Gasteiger partial charge in [0.1, 0.15) is 17.5 Å². The Morgan fingerprint density at radius 2 is 1.87 bits per heavy atom. The highest BCUT2D eigenvalue weighted by molar-refractivity contribution is 5.18. The monoisotopic (exact) mass is 210 g/mol. The van der Waals surface area contributed by atoms with Crippen LogP contribution in [-0.2, 0) is 6.54 Å². The third-order valence-corrected chi connectivity index (χ3v) is 1.97. The van der Waals surface area contributed by atoms with Crippen LogP contribution in [0, 0.1) is 18.6 Å². The van der Waals surface area contributed by atoms with Gasteiger partial charge in [-0.1, -0.05) is 0 Å². The molecule has 0 aliphatic rings. The highest BCUT2D eigenvalue weighted by Crippen LogP contribution is 2.09. The van der Waals surface area contributed by atoms with Crippen molar-refractivity contribution in [2.45, 2.75) is 13.5 Å². The summed E-state index contributed by atoms with van der Waals surface area (Å²) < 4.78 is 27.2. The zero-order chi connectivity index (χ0) is 10.8. The summed E-state index contributed by atoms with van der Waals surface area (Å²) in [6.45, 7) is 1.98. The Morgan fingerprint density at radius 1 is 1.20 bits per heavy atom. The van der Waals surface area contributed by atoms with Crippen molar-refractivity contribution in [3.8, 4) is 0 Å². The van der Waals surface area contributed by atoms with E-state index in [1.165, 1.54) is 16.8 Å². The number of hydrogen-bond acceptors (Lipinski definition) is 3. The van der Waals surface area contributed by atoms with E-state index in [0.717, 1.165) is 6.07 Å². The fourth-order valence-electron chi connectivity index (χ4n) is 1.27. The van der Waals surface area contributed by atoms with Gasteiger partial charge in [-0.2, -0.15) is 0 Å². The Bertz CT molecular complexity index is 460. The first-order valence-electron chi connectivity index (χ1n) is 4.33. The largest absolute Gasteiger partial charge is 0.225 e. The first kappa shape index (κ1) is 9.70. The van der Waals surface area contributed by atoms with Gasteiger partial charge < -0.3 is 0 Å². The molecule has 0 radical (unpaired) electrons. The topological polar surface area (TPSA) is 43.6 Å². The lowest BCUT2D eigenvalue weighted by Crippen LogP contribution is -2.04. The van der Waals surface area contributed by atoms with Crippen LogP contribution in [0.3, 0.4) is 0 Å². The molecule has 4 nitrogen and oxygen atoms in total. The van der Waals surface area contributed by atoms with Gasteiger partial charge in [0.2, 0.25) is 0 Å². The van der Waals surface area contributed by atoms with Gasteiger partial charge in [0.15, 0.2) is 0 Å². The van der Waals surface area contributed by atoms with Gasteiger partial charge in [0.25, 0.3) is 0 Å². The number of benzene rings is 1. The van der Waals surface area contributed by atoms with Gasteiger partial charge in [-0.25, -0.2) is 13.5 Å². The molecule has 0 aliphatic heterocycles. The Morgan fingerprint density at radius 3 is 2.40 bits per heavy atom. The molecule has 0 amide bonds. The van der Waals surface area contributed by atoms with Crippen molar-refractivity contribution in [1.82, 2.24) is 20.2 Å². The minimum atomic E-state index is -0.601. The number of aromatic nitrogens is 4. The van der Waals surface area contributed by atoms with E-state index in [2.05, 4.69) is 15.5 Å². The van der Waals surface area contributed by atoms with Crippen LogP contribution in [0.2, 0.25) is 0 Å². The smallest absolute Gasteiger partial charge is 0.148 e. The van der Waals surface area contributed by atoms with E-state index >= 15 is 0 Å². The number of aryl methyl sites for hydroxylation is 1. The first-order chi connectivity index (χ1) is 7.15. The molecule has 1 aromatic carbocycles. The van der Waals surface area contributed by atoms with Crippen LogP contribution >= 0.6 is 0 Å². The molecule has 0 N–H and O–H groups in total. The number of halogens is 2. The minimum Gasteiger partial charge on any atom is -0.225 e. The second-order valence-corrected chi connectivity index (χ2v) is 3.16. The molecule has 0 bridgehead atoms. The zero-order valence-electron chi connectivity index (χ0n) is 7.98. The summed E-state index contributed by atoms with van der Waals surface area (Å²) >= 11 is 0. The summed E-state index contributed by atoms with van der Waals surface area (Å²) in [4.78, 5) is 0. The lowest BCUT2D eigenvalue weighted by molar-refractivity contribution is 0.570. The van der Waals surface area contributed by atoms with Gasteiger partial charge in [-0.3, -0.25) is 0 Å². The van der Waals surface area contributed by atoms with Crippen LogP contribution in [0.15, 0.2) is 18.2 Å². The van der Waals surface area contributed by atoms with Crippen molar-refractivity contribution in [1.29, 1.82) is 0 Å². The second kappa shape index (κ2) is 3.72. The average Bonchev–Trinajstić information content (AvgIpc) is 2.50. The molecule has 2 rings (SSSR count). The molecule has 0 atom stereocenters. The maximum atomic E-state index is 12.9. The van der Waals surface area contributed by atoms with Crippen LogP contribution < -0.4 is 0 Å². The normalized spacial score (nSPS) is 10.6. The number of rotatable bonds is 2. The van der Waals surface area contributed by atoms with Crippen LogP contribution in [-0.4, -0.2) is 20.2 Å². The minimum absolute atomic E-state index is 0.257. The maximum Gasteiger partial charge on any atom is 0.148 e. The van der Waals surface area contributed by atoms with Crippen molar-refractivity contribution in [2.75, 3.05) is 0 Å². The summed E-state index contributed by atoms with van der Waals surface area (Å²) in [6, 6.07) is 3.34. The van der Waals surface area contributed by atoms with Crippen molar-refractivity contribution < 1.29 is 8.78 Å². The van der Waals surface area contributed by atoms with E-state index in [9.17, 15) is 8.78 Å². The Balaban J connectivity index is 2.28. The fourth-order valence-corrected chi connectivity index (χ4v) is 1.27. The Hall–Kier alpha value is -1.85. The fraction of sp³-hybridized carbons (Fsp3) is 0.222. The molecular weight excluding hydrogens is 202 g/mol. The molecule has 6 heteroatoms. The summed E-state index contributed by atoms with van der Waals surface area (Å²) in [5, 5.41) is 10.8. The molecule has 0 saturated heterocycles. The van der Waals surface area contributed by atoms with E-state index in [0.29, 0.717) is 11.4 Å². The van der Waals surface area contributed by atoms with Crippen molar-refractivity contribution in [3.05, 3.63) is 41.2 Å². The van der Waals surface area contributed by atoms with Gasteiger partial charge in [0.05, 0.1) is 6.54 Å². The lowest BCUT2D eigenvalue weighted by Gasteiger charge is -2.02. The summed E-state index contributed by atoms with van der Waals surface area (Å²) in [7, 11) is 0. The van der Waals surface area contributed by atoms with Crippen molar-refractivity contribution >= 4 is 0 Å². The van der Waals surface area contributed by atoms with Crippen LogP contribution in [0.1, 0.15) is 11.4 Å². The van der Waals surface area contributed by atoms with Gasteiger partial charge in [-0.15, -0.1) is 5.10 Å². The van der Waals surface area contributed by atoms with E-state index in [1.807, 2.05) is 0 Å². The molecule has 1 heterocycles. The first-order valence-corrected chi connectivity index (χ1v) is 4.33. The van der Waals surface area contributed by atoms with E-state index in [1.54, 1.807) is 6.92 Å². The number of hydrogen-bond donors (Lipinski definition) is 0. The molecule has 78 valence electrons. The maximum absolute atomic E-state index is 12.9. The molecular formula is C9H8F2N4. The SMILES string of the molecule is Cc1nnnn1Cc1cc(F)cc(F)c1. The Kier molecular flexibility index (Phi) is 2.40. The molecule has 0 spiro atoms. The molecule has 2 aromatic rings. The van der Waals surface area contributed by atoms with Crippen LogP contribution in [0.25, 0.3) is 0 Å². The predicted octanol–water partition coefficient (Wildman–Crippen LogP) is 1.31. The van der Waals surface area contributed by atoms with E-state index < -0.39 is 11.6 Å². The highest BCUT2D eigenvalue weighted by Gasteiger charge is 2.04. The number of nitrogens with zero attached hydrogens (tertiary/aromatic N) is 4. The lowest BCUT2D eigenvalue weighted by atomic mass is 10.2.